The van der Waals surface area contributed by atoms with Gasteiger partial charge in [0.1, 0.15) is 5.75 Å². The monoisotopic (exact) mass is 203 g/mol. The van der Waals surface area contributed by atoms with Gasteiger partial charge in [-0.25, -0.2) is 0 Å². The molecule has 0 aliphatic carbocycles. The highest BCUT2D eigenvalue weighted by atomic mass is 16.3. The van der Waals surface area contributed by atoms with E-state index < -0.39 is 0 Å². The normalized spacial score (nSPS) is 13.0. The van der Waals surface area contributed by atoms with E-state index in [4.69, 9.17) is 0 Å². The molecule has 0 aliphatic heterocycles. The van der Waals surface area contributed by atoms with Crippen molar-refractivity contribution in [1.29, 1.82) is 0 Å². The average Bonchev–Trinajstić information content (AvgIpc) is 2.27. The Morgan fingerprint density at radius 2 is 2.13 bits per heavy atom. The highest BCUT2D eigenvalue weighted by Crippen LogP contribution is 2.20. The fourth-order valence-electron chi connectivity index (χ4n) is 1.40. The number of nitrogens with zero attached hydrogens (tertiary/aromatic N) is 1. The molecule has 1 N–H and O–H groups in total. The molecule has 2 nitrogen and oxygen atoms in total. The van der Waals surface area contributed by atoms with Crippen LogP contribution in [0.25, 0.3) is 0 Å². The van der Waals surface area contributed by atoms with Crippen molar-refractivity contribution in [3.8, 4) is 5.75 Å². The molecule has 2 heteroatoms. The number of rotatable bonds is 3. The second-order valence-corrected chi connectivity index (χ2v) is 3.43. The van der Waals surface area contributed by atoms with Crippen LogP contribution in [0.1, 0.15) is 26.5 Å². The van der Waals surface area contributed by atoms with Gasteiger partial charge in [0.25, 0.3) is 0 Å². The SMILES string of the molecule is CC=C(C)C(=CC)Cc1ncccc1O. The molecule has 1 aromatic heterocycles. The van der Waals surface area contributed by atoms with Gasteiger partial charge in [0.05, 0.1) is 5.69 Å². The van der Waals surface area contributed by atoms with Crippen molar-refractivity contribution in [2.75, 3.05) is 0 Å². The van der Waals surface area contributed by atoms with E-state index in [-0.39, 0.29) is 5.75 Å². The van der Waals surface area contributed by atoms with Crippen LogP contribution in [0.2, 0.25) is 0 Å². The summed E-state index contributed by atoms with van der Waals surface area (Å²) >= 11 is 0. The number of aromatic hydroxyl groups is 1. The first-order valence-electron chi connectivity index (χ1n) is 5.10. The molecule has 0 spiro atoms. The van der Waals surface area contributed by atoms with Crippen molar-refractivity contribution in [3.63, 3.8) is 0 Å². The third-order valence-electron chi connectivity index (χ3n) is 2.51. The minimum absolute atomic E-state index is 0.265. The van der Waals surface area contributed by atoms with Crippen LogP contribution in [-0.2, 0) is 6.42 Å². The van der Waals surface area contributed by atoms with Crippen LogP contribution in [0, 0.1) is 0 Å². The average molecular weight is 203 g/mol. The Morgan fingerprint density at radius 3 is 2.67 bits per heavy atom. The van der Waals surface area contributed by atoms with Crippen LogP contribution in [0.4, 0.5) is 0 Å². The molecule has 0 atom stereocenters. The first-order valence-corrected chi connectivity index (χ1v) is 5.10. The number of hydrogen-bond donors (Lipinski definition) is 1. The third kappa shape index (κ3) is 2.94. The smallest absolute Gasteiger partial charge is 0.137 e. The molecule has 0 saturated carbocycles. The molecule has 1 rings (SSSR count). The van der Waals surface area contributed by atoms with Gasteiger partial charge in [0.15, 0.2) is 0 Å². The fourth-order valence-corrected chi connectivity index (χ4v) is 1.40. The van der Waals surface area contributed by atoms with Crippen LogP contribution < -0.4 is 0 Å². The summed E-state index contributed by atoms with van der Waals surface area (Å²) in [6.07, 6.45) is 6.51. The molecular formula is C13H17NO. The van der Waals surface area contributed by atoms with E-state index in [0.717, 1.165) is 5.69 Å². The van der Waals surface area contributed by atoms with Gasteiger partial charge in [-0.3, -0.25) is 4.98 Å². The molecule has 15 heavy (non-hydrogen) atoms. The highest BCUT2D eigenvalue weighted by Gasteiger charge is 2.05. The number of hydrogen-bond acceptors (Lipinski definition) is 2. The highest BCUT2D eigenvalue weighted by molar-refractivity contribution is 5.36. The predicted molar refractivity (Wildman–Crippen MR) is 62.8 cm³/mol. The zero-order valence-electron chi connectivity index (χ0n) is 9.49. The lowest BCUT2D eigenvalue weighted by Crippen LogP contribution is -1.95. The first kappa shape index (κ1) is 11.5. The number of pyridine rings is 1. The second-order valence-electron chi connectivity index (χ2n) is 3.43. The van der Waals surface area contributed by atoms with E-state index in [1.54, 1.807) is 18.3 Å². The van der Waals surface area contributed by atoms with Gasteiger partial charge in [-0.1, -0.05) is 17.7 Å². The third-order valence-corrected chi connectivity index (χ3v) is 2.51. The molecule has 1 heterocycles. The molecule has 0 unspecified atom stereocenters. The van der Waals surface area contributed by atoms with E-state index in [0.29, 0.717) is 6.42 Å². The molecule has 0 fully saturated rings. The maximum atomic E-state index is 9.60. The Bertz CT molecular complexity index is 391. The lowest BCUT2D eigenvalue weighted by Gasteiger charge is -2.07. The van der Waals surface area contributed by atoms with Crippen LogP contribution in [0.3, 0.4) is 0 Å². The summed E-state index contributed by atoms with van der Waals surface area (Å²) in [7, 11) is 0. The molecule has 0 bridgehead atoms. The van der Waals surface area contributed by atoms with Crippen molar-refractivity contribution in [2.24, 2.45) is 0 Å². The van der Waals surface area contributed by atoms with E-state index in [1.807, 2.05) is 13.8 Å². The molecule has 0 aromatic carbocycles. The van der Waals surface area contributed by atoms with Gasteiger partial charge in [-0.2, -0.15) is 0 Å². The Labute approximate surface area is 91.0 Å². The van der Waals surface area contributed by atoms with Crippen molar-refractivity contribution < 1.29 is 5.11 Å². The molecule has 0 saturated heterocycles. The van der Waals surface area contributed by atoms with Gasteiger partial charge in [0.2, 0.25) is 0 Å². The molecule has 0 radical (unpaired) electrons. The van der Waals surface area contributed by atoms with E-state index in [1.165, 1.54) is 11.1 Å². The topological polar surface area (TPSA) is 33.1 Å². The summed E-state index contributed by atoms with van der Waals surface area (Å²) in [6.45, 7) is 6.08. The zero-order chi connectivity index (χ0) is 11.3. The Morgan fingerprint density at radius 1 is 1.40 bits per heavy atom. The number of aromatic nitrogens is 1. The Kier molecular flexibility index (Phi) is 4.10. The predicted octanol–water partition coefficient (Wildman–Crippen LogP) is 3.24. The van der Waals surface area contributed by atoms with Gasteiger partial charge in [0, 0.05) is 12.6 Å². The zero-order valence-corrected chi connectivity index (χ0v) is 9.49. The van der Waals surface area contributed by atoms with Gasteiger partial charge in [-0.05, 0) is 38.5 Å². The Hall–Kier alpha value is -1.57. The van der Waals surface area contributed by atoms with Crippen LogP contribution >= 0.6 is 0 Å². The van der Waals surface area contributed by atoms with Crippen molar-refractivity contribution in [2.45, 2.75) is 27.2 Å². The summed E-state index contributed by atoms with van der Waals surface area (Å²) in [5.41, 5.74) is 3.15. The van der Waals surface area contributed by atoms with Gasteiger partial charge >= 0.3 is 0 Å². The second kappa shape index (κ2) is 5.35. The molecule has 1 aromatic rings. The molecular weight excluding hydrogens is 186 g/mol. The largest absolute Gasteiger partial charge is 0.506 e. The summed E-state index contributed by atoms with van der Waals surface area (Å²) in [6, 6.07) is 3.40. The lowest BCUT2D eigenvalue weighted by atomic mass is 10.0. The van der Waals surface area contributed by atoms with Gasteiger partial charge in [-0.15, -0.1) is 0 Å². The summed E-state index contributed by atoms with van der Waals surface area (Å²) in [5, 5.41) is 9.60. The van der Waals surface area contributed by atoms with E-state index in [9.17, 15) is 5.11 Å². The fraction of sp³-hybridized carbons (Fsp3) is 0.308. The van der Waals surface area contributed by atoms with E-state index >= 15 is 0 Å². The molecule has 0 aliphatic rings. The van der Waals surface area contributed by atoms with Crippen molar-refractivity contribution in [1.82, 2.24) is 4.98 Å². The maximum absolute atomic E-state index is 9.60. The summed E-state index contributed by atoms with van der Waals surface area (Å²) in [4.78, 5) is 4.16. The summed E-state index contributed by atoms with van der Waals surface area (Å²) in [5.74, 6) is 0.265. The van der Waals surface area contributed by atoms with E-state index in [2.05, 4.69) is 24.1 Å². The number of allylic oxidation sites excluding steroid dienone is 4. The first-order chi connectivity index (χ1) is 7.19. The minimum Gasteiger partial charge on any atom is -0.506 e. The molecule has 80 valence electrons. The minimum atomic E-state index is 0.265. The molecule has 0 amide bonds. The Balaban J connectivity index is 2.91. The maximum Gasteiger partial charge on any atom is 0.137 e. The van der Waals surface area contributed by atoms with Crippen LogP contribution in [0.15, 0.2) is 41.6 Å². The lowest BCUT2D eigenvalue weighted by molar-refractivity contribution is 0.465. The van der Waals surface area contributed by atoms with Crippen LogP contribution in [-0.4, -0.2) is 10.1 Å². The van der Waals surface area contributed by atoms with Crippen LogP contribution in [0.5, 0.6) is 5.75 Å². The van der Waals surface area contributed by atoms with Gasteiger partial charge < -0.3 is 5.11 Å². The summed E-state index contributed by atoms with van der Waals surface area (Å²) < 4.78 is 0. The van der Waals surface area contributed by atoms with Crippen molar-refractivity contribution >= 4 is 0 Å². The quantitative estimate of drug-likeness (QED) is 0.765. The standard InChI is InChI=1S/C13H17NO/c1-4-10(3)11(5-2)9-12-13(15)7-6-8-14-12/h4-8,15H,9H2,1-3H3. The van der Waals surface area contributed by atoms with Crippen molar-refractivity contribution in [3.05, 3.63) is 47.3 Å².